The summed E-state index contributed by atoms with van der Waals surface area (Å²) in [7, 11) is 1.87. The molecule has 2 saturated carbocycles. The number of anilines is 1. The smallest absolute Gasteiger partial charge is 0.228 e. The summed E-state index contributed by atoms with van der Waals surface area (Å²) >= 11 is 0. The second-order valence-electron chi connectivity index (χ2n) is 9.56. The first kappa shape index (κ1) is 21.6. The van der Waals surface area contributed by atoms with E-state index in [-0.39, 0.29) is 23.7 Å². The number of fused-ring (bicyclic) bond motifs is 2. The van der Waals surface area contributed by atoms with Gasteiger partial charge in [0, 0.05) is 36.3 Å². The van der Waals surface area contributed by atoms with Gasteiger partial charge in [0.15, 0.2) is 5.82 Å². The number of carbonyl (C=O) groups excluding carboxylic acids is 1. The number of aromatic nitrogens is 5. The van der Waals surface area contributed by atoms with E-state index in [2.05, 4.69) is 25.5 Å². The summed E-state index contributed by atoms with van der Waals surface area (Å²) in [6.07, 6.45) is 6.88. The number of nitrogens with one attached hydrogen (secondary N) is 1. The lowest BCUT2D eigenvalue weighted by Crippen LogP contribution is -2.26. The van der Waals surface area contributed by atoms with Crippen molar-refractivity contribution in [1.29, 1.82) is 0 Å². The zero-order valence-corrected chi connectivity index (χ0v) is 19.4. The summed E-state index contributed by atoms with van der Waals surface area (Å²) in [5.74, 6) is 2.76. The first-order valence-corrected chi connectivity index (χ1v) is 11.8. The summed E-state index contributed by atoms with van der Waals surface area (Å²) in [5.41, 5.74) is 1.55. The molecule has 178 valence electrons. The lowest BCUT2D eigenvalue weighted by Gasteiger charge is -2.20. The number of carbonyl (C=O) groups is 1. The van der Waals surface area contributed by atoms with Crippen LogP contribution in [0.3, 0.4) is 0 Å². The average Bonchev–Trinajstić information content (AvgIpc) is 3.15. The molecule has 1 N–H and O–H groups in total. The summed E-state index contributed by atoms with van der Waals surface area (Å²) in [4.78, 5) is 21.6. The quantitative estimate of drug-likeness (QED) is 0.451. The number of benzene rings is 1. The summed E-state index contributed by atoms with van der Waals surface area (Å²) in [5, 5.41) is 11.6. The molecule has 0 radical (unpaired) electrons. The number of rotatable bonds is 6. The van der Waals surface area contributed by atoms with Crippen LogP contribution in [0.5, 0.6) is 5.75 Å². The number of amides is 1. The predicted molar refractivity (Wildman–Crippen MR) is 128 cm³/mol. The van der Waals surface area contributed by atoms with Gasteiger partial charge < -0.3 is 14.6 Å². The van der Waals surface area contributed by atoms with Crippen LogP contribution in [-0.4, -0.2) is 36.7 Å². The van der Waals surface area contributed by atoms with Crippen molar-refractivity contribution in [2.75, 3.05) is 5.32 Å². The zero-order valence-electron chi connectivity index (χ0n) is 19.4. The Balaban J connectivity index is 1.05. The number of pyridine rings is 2. The van der Waals surface area contributed by atoms with Gasteiger partial charge in [-0.25, -0.2) is 9.37 Å². The molecule has 2 fully saturated rings. The fraction of sp³-hybridized carbons (Fsp3) is 0.346. The molecular weight excluding hydrogens is 447 g/mol. The van der Waals surface area contributed by atoms with Gasteiger partial charge in [0.05, 0.1) is 11.6 Å². The van der Waals surface area contributed by atoms with Crippen LogP contribution in [0.1, 0.15) is 19.8 Å². The molecule has 2 aliphatic carbocycles. The van der Waals surface area contributed by atoms with Gasteiger partial charge in [-0.05, 0) is 67.0 Å². The summed E-state index contributed by atoms with van der Waals surface area (Å²) < 4.78 is 21.8. The van der Waals surface area contributed by atoms with Crippen LogP contribution in [0.2, 0.25) is 0 Å². The van der Waals surface area contributed by atoms with E-state index in [1.807, 2.05) is 24.6 Å². The maximum Gasteiger partial charge on any atom is 0.228 e. The van der Waals surface area contributed by atoms with Crippen molar-refractivity contribution < 1.29 is 13.9 Å². The van der Waals surface area contributed by atoms with E-state index in [4.69, 9.17) is 4.74 Å². The van der Waals surface area contributed by atoms with E-state index in [9.17, 15) is 9.18 Å². The maximum absolute atomic E-state index is 13.7. The van der Waals surface area contributed by atoms with E-state index in [0.29, 0.717) is 40.2 Å². The minimum absolute atomic E-state index is 0.0172. The van der Waals surface area contributed by atoms with E-state index in [1.165, 1.54) is 12.1 Å². The molecule has 6 rings (SSSR count). The van der Waals surface area contributed by atoms with Crippen molar-refractivity contribution in [2.45, 2.75) is 25.9 Å². The molecule has 0 saturated heterocycles. The topological polar surface area (TPSA) is 94.8 Å². The van der Waals surface area contributed by atoms with Gasteiger partial charge in [0.1, 0.15) is 23.7 Å². The van der Waals surface area contributed by atoms with Crippen LogP contribution >= 0.6 is 0 Å². The van der Waals surface area contributed by atoms with E-state index < -0.39 is 0 Å². The van der Waals surface area contributed by atoms with Gasteiger partial charge >= 0.3 is 0 Å². The molecule has 3 atom stereocenters. The van der Waals surface area contributed by atoms with Crippen molar-refractivity contribution in [3.63, 3.8) is 0 Å². The van der Waals surface area contributed by atoms with E-state index >= 15 is 0 Å². The molecule has 4 aromatic rings. The molecule has 3 unspecified atom stereocenters. The summed E-state index contributed by atoms with van der Waals surface area (Å²) in [6, 6.07) is 9.99. The number of hydrogen-bond donors (Lipinski definition) is 1. The second-order valence-corrected chi connectivity index (χ2v) is 9.56. The highest BCUT2D eigenvalue weighted by Gasteiger charge is 2.59. The molecule has 3 aromatic heterocycles. The molecule has 1 amide bonds. The van der Waals surface area contributed by atoms with Crippen LogP contribution in [0.15, 0.2) is 55.1 Å². The summed E-state index contributed by atoms with van der Waals surface area (Å²) in [6.45, 7) is 1.99. The monoisotopic (exact) mass is 472 g/mol. The van der Waals surface area contributed by atoms with Gasteiger partial charge in [-0.15, -0.1) is 10.2 Å². The van der Waals surface area contributed by atoms with E-state index in [1.54, 1.807) is 36.9 Å². The molecular formula is C26H25FN6O2. The normalized spacial score (nSPS) is 23.6. The third kappa shape index (κ3) is 4.00. The van der Waals surface area contributed by atoms with Crippen molar-refractivity contribution in [1.82, 2.24) is 24.7 Å². The highest BCUT2D eigenvalue weighted by molar-refractivity contribution is 5.92. The standard InChI is InChI=1S/C26H25FN6O2/c1-14(26(34)31-23-6-3-15(12-29-23)25-32-30-13-33(25)2)24-18-10-17(11-19(18)24)35-22-7-8-28-21-5-4-16(27)9-20(21)22/h3-9,12-14,17-19,24H,10-11H2,1-2H3,(H,29,31,34). The van der Waals surface area contributed by atoms with Crippen LogP contribution in [0.4, 0.5) is 10.2 Å². The fourth-order valence-corrected chi connectivity index (χ4v) is 5.61. The van der Waals surface area contributed by atoms with Gasteiger partial charge in [0.2, 0.25) is 5.91 Å². The zero-order chi connectivity index (χ0) is 24.1. The van der Waals surface area contributed by atoms with Crippen molar-refractivity contribution in [3.05, 3.63) is 60.9 Å². The van der Waals surface area contributed by atoms with Crippen LogP contribution in [0, 0.1) is 29.5 Å². The Kier molecular flexibility index (Phi) is 5.20. The van der Waals surface area contributed by atoms with Gasteiger partial charge in [-0.2, -0.15) is 0 Å². The second kappa shape index (κ2) is 8.41. The molecule has 8 nitrogen and oxygen atoms in total. The first-order valence-electron chi connectivity index (χ1n) is 11.8. The Morgan fingerprint density at radius 2 is 2.00 bits per heavy atom. The Bertz CT molecular complexity index is 1390. The lowest BCUT2D eigenvalue weighted by atomic mass is 9.97. The maximum atomic E-state index is 13.7. The molecule has 9 heteroatoms. The number of ether oxygens (including phenoxy) is 1. The predicted octanol–water partition coefficient (Wildman–Crippen LogP) is 4.24. The molecule has 2 aliphatic rings. The Morgan fingerprint density at radius 3 is 2.71 bits per heavy atom. The minimum Gasteiger partial charge on any atom is -0.490 e. The van der Waals surface area contributed by atoms with Crippen molar-refractivity contribution in [2.24, 2.45) is 30.7 Å². The van der Waals surface area contributed by atoms with Gasteiger partial charge in [0.25, 0.3) is 0 Å². The SMILES string of the molecule is CC(C(=O)Nc1ccc(-c2nncn2C)cn1)C1C2CC(Oc3ccnc4ccc(F)cc34)CC21. The molecule has 0 spiro atoms. The minimum atomic E-state index is -0.303. The Morgan fingerprint density at radius 1 is 1.17 bits per heavy atom. The fourth-order valence-electron chi connectivity index (χ4n) is 5.61. The van der Waals surface area contributed by atoms with Crippen LogP contribution in [0.25, 0.3) is 22.3 Å². The van der Waals surface area contributed by atoms with Crippen LogP contribution < -0.4 is 10.1 Å². The number of hydrogen-bond acceptors (Lipinski definition) is 6. The number of aryl methyl sites for hydroxylation is 1. The molecule has 35 heavy (non-hydrogen) atoms. The van der Waals surface area contributed by atoms with E-state index in [0.717, 1.165) is 24.2 Å². The average molecular weight is 473 g/mol. The van der Waals surface area contributed by atoms with Crippen LogP contribution in [-0.2, 0) is 11.8 Å². The highest BCUT2D eigenvalue weighted by Crippen LogP contribution is 2.61. The number of halogens is 1. The lowest BCUT2D eigenvalue weighted by molar-refractivity contribution is -0.120. The molecule has 3 heterocycles. The molecule has 0 aliphatic heterocycles. The van der Waals surface area contributed by atoms with Gasteiger partial charge in [-0.1, -0.05) is 6.92 Å². The largest absolute Gasteiger partial charge is 0.490 e. The molecule has 1 aromatic carbocycles. The first-order chi connectivity index (χ1) is 17.0. The Hall–Kier alpha value is -3.88. The van der Waals surface area contributed by atoms with Crippen molar-refractivity contribution >= 4 is 22.6 Å². The third-order valence-corrected chi connectivity index (χ3v) is 7.40. The number of nitrogens with zero attached hydrogens (tertiary/aromatic N) is 5. The third-order valence-electron chi connectivity index (χ3n) is 7.40. The van der Waals surface area contributed by atoms with Crippen molar-refractivity contribution in [3.8, 4) is 17.1 Å². The molecule has 0 bridgehead atoms. The Labute approximate surface area is 201 Å². The van der Waals surface area contributed by atoms with Gasteiger partial charge in [-0.3, -0.25) is 9.78 Å². The highest BCUT2D eigenvalue weighted by atomic mass is 19.1.